The molecule has 0 aromatic heterocycles. The average Bonchev–Trinajstić information content (AvgIpc) is 2.57. The summed E-state index contributed by atoms with van der Waals surface area (Å²) >= 11 is 0. The molecule has 0 atom stereocenters. The van der Waals surface area contributed by atoms with E-state index < -0.39 is 5.97 Å². The number of methoxy groups -OCH3 is 1. The summed E-state index contributed by atoms with van der Waals surface area (Å²) in [5, 5.41) is 0. The molecular weight excluding hydrogens is 282 g/mol. The number of hydrogen-bond donors (Lipinski definition) is 0. The zero-order chi connectivity index (χ0) is 16.1. The Morgan fingerprint density at radius 3 is 2.77 bits per heavy atom. The van der Waals surface area contributed by atoms with E-state index in [4.69, 9.17) is 9.47 Å². The molecule has 0 spiro atoms. The minimum Gasteiger partial charge on any atom is -0.490 e. The first-order valence-electron chi connectivity index (χ1n) is 6.74. The minimum atomic E-state index is -0.466. The Morgan fingerprint density at radius 1 is 1.36 bits per heavy atom. The predicted molar refractivity (Wildman–Crippen MR) is 84.1 cm³/mol. The summed E-state index contributed by atoms with van der Waals surface area (Å²) < 4.78 is 10.2. The summed E-state index contributed by atoms with van der Waals surface area (Å²) in [7, 11) is 1.31. The molecule has 0 fully saturated rings. The van der Waals surface area contributed by atoms with Crippen molar-refractivity contribution in [3.05, 3.63) is 60.7 Å². The van der Waals surface area contributed by atoms with Gasteiger partial charge in [0.1, 0.15) is 12.4 Å². The van der Waals surface area contributed by atoms with Gasteiger partial charge in [0.2, 0.25) is 0 Å². The van der Waals surface area contributed by atoms with Crippen LogP contribution in [0.3, 0.4) is 0 Å². The molecule has 114 valence electrons. The van der Waals surface area contributed by atoms with Gasteiger partial charge in [0.15, 0.2) is 0 Å². The lowest BCUT2D eigenvalue weighted by Gasteiger charge is -2.30. The van der Waals surface area contributed by atoms with Gasteiger partial charge in [0.05, 0.1) is 24.9 Å². The highest BCUT2D eigenvalue weighted by Gasteiger charge is 2.26. The maximum absolute atomic E-state index is 12.6. The van der Waals surface area contributed by atoms with Crippen LogP contribution in [-0.2, 0) is 9.53 Å². The van der Waals surface area contributed by atoms with E-state index in [9.17, 15) is 9.59 Å². The molecule has 0 saturated carbocycles. The molecule has 22 heavy (non-hydrogen) atoms. The summed E-state index contributed by atoms with van der Waals surface area (Å²) in [5.41, 5.74) is 1.32. The Balaban J connectivity index is 2.44. The molecule has 1 heterocycles. The third kappa shape index (κ3) is 2.93. The summed E-state index contributed by atoms with van der Waals surface area (Å²) in [6, 6.07) is 4.85. The van der Waals surface area contributed by atoms with Crippen molar-refractivity contribution < 1.29 is 19.1 Å². The lowest BCUT2D eigenvalue weighted by molar-refractivity contribution is -0.115. The van der Waals surface area contributed by atoms with Crippen LogP contribution in [0.25, 0.3) is 0 Å². The second kappa shape index (κ2) is 6.76. The van der Waals surface area contributed by atoms with Gasteiger partial charge in [-0.25, -0.2) is 4.79 Å². The Kier molecular flexibility index (Phi) is 4.78. The smallest absolute Gasteiger partial charge is 0.337 e. The number of carbonyl (C=O) groups excluding carboxylic acids is 2. The molecular formula is C17H17NO4. The number of benzene rings is 1. The number of fused-ring (bicyclic) bond motifs is 1. The number of carbonyl (C=O) groups is 2. The average molecular weight is 299 g/mol. The fraction of sp³-hybridized carbons (Fsp3) is 0.176. The number of esters is 1. The molecule has 0 radical (unpaired) electrons. The summed E-state index contributed by atoms with van der Waals surface area (Å²) in [6.07, 6.45) is 4.60. The first-order chi connectivity index (χ1) is 10.6. The third-order valence-corrected chi connectivity index (χ3v) is 3.25. The van der Waals surface area contributed by atoms with Crippen molar-refractivity contribution in [3.8, 4) is 5.75 Å². The predicted octanol–water partition coefficient (Wildman–Crippen LogP) is 2.50. The first-order valence-corrected chi connectivity index (χ1v) is 6.74. The van der Waals surface area contributed by atoms with Gasteiger partial charge in [0, 0.05) is 5.57 Å². The molecule has 0 aliphatic carbocycles. The maximum Gasteiger partial charge on any atom is 0.337 e. The zero-order valence-corrected chi connectivity index (χ0v) is 12.4. The van der Waals surface area contributed by atoms with Crippen LogP contribution in [0.1, 0.15) is 10.4 Å². The van der Waals surface area contributed by atoms with Crippen LogP contribution in [0.4, 0.5) is 5.69 Å². The molecule has 5 heteroatoms. The third-order valence-electron chi connectivity index (χ3n) is 3.25. The van der Waals surface area contributed by atoms with Gasteiger partial charge in [-0.2, -0.15) is 0 Å². The quantitative estimate of drug-likeness (QED) is 0.487. The highest BCUT2D eigenvalue weighted by Crippen LogP contribution is 2.33. The standard InChI is InChI=1S/C17H17NO4/c1-4-6-12(5-2)16(19)18-9-10-22-15-8-7-13(11-14(15)18)17(20)21-3/h4-8,11H,1-2,9-10H2,3H3/b12-6+. The van der Waals surface area contributed by atoms with Crippen molar-refractivity contribution in [3.63, 3.8) is 0 Å². The Morgan fingerprint density at radius 2 is 2.14 bits per heavy atom. The number of rotatable bonds is 4. The SMILES string of the molecule is C=C/C=C(\C=C)C(=O)N1CCOc2ccc(C(=O)OC)cc21. The first kappa shape index (κ1) is 15.6. The Bertz CT molecular complexity index is 661. The molecule has 0 bridgehead atoms. The molecule has 1 amide bonds. The Labute approximate surface area is 129 Å². The molecule has 1 aliphatic rings. The van der Waals surface area contributed by atoms with Crippen molar-refractivity contribution in [1.29, 1.82) is 0 Å². The van der Waals surface area contributed by atoms with E-state index >= 15 is 0 Å². The lowest BCUT2D eigenvalue weighted by atomic mass is 10.1. The van der Waals surface area contributed by atoms with Crippen LogP contribution < -0.4 is 9.64 Å². The van der Waals surface area contributed by atoms with Crippen LogP contribution in [0.15, 0.2) is 55.2 Å². The number of nitrogens with zero attached hydrogens (tertiary/aromatic N) is 1. The number of ether oxygens (including phenoxy) is 2. The number of allylic oxidation sites excluding steroid dienone is 2. The van der Waals surface area contributed by atoms with Crippen molar-refractivity contribution in [1.82, 2.24) is 0 Å². The largest absolute Gasteiger partial charge is 0.490 e. The van der Waals surface area contributed by atoms with Crippen LogP contribution >= 0.6 is 0 Å². The highest BCUT2D eigenvalue weighted by atomic mass is 16.5. The van der Waals surface area contributed by atoms with Gasteiger partial charge in [-0.3, -0.25) is 4.79 Å². The van der Waals surface area contributed by atoms with Gasteiger partial charge < -0.3 is 14.4 Å². The molecule has 2 rings (SSSR count). The Hall–Kier alpha value is -2.82. The van der Waals surface area contributed by atoms with Gasteiger partial charge in [0.25, 0.3) is 5.91 Å². The fourth-order valence-electron chi connectivity index (χ4n) is 2.18. The molecule has 0 saturated heterocycles. The number of anilines is 1. The lowest BCUT2D eigenvalue weighted by Crippen LogP contribution is -2.38. The minimum absolute atomic E-state index is 0.221. The van der Waals surface area contributed by atoms with E-state index in [1.54, 1.807) is 29.2 Å². The van der Waals surface area contributed by atoms with Crippen LogP contribution in [0, 0.1) is 0 Å². The van der Waals surface area contributed by atoms with Crippen LogP contribution in [-0.4, -0.2) is 32.1 Å². The van der Waals surface area contributed by atoms with E-state index in [0.717, 1.165) is 0 Å². The van der Waals surface area contributed by atoms with E-state index in [1.165, 1.54) is 19.3 Å². The van der Waals surface area contributed by atoms with Crippen molar-refractivity contribution in [2.24, 2.45) is 0 Å². The van der Waals surface area contributed by atoms with Gasteiger partial charge in [-0.1, -0.05) is 31.4 Å². The van der Waals surface area contributed by atoms with Crippen molar-refractivity contribution in [2.45, 2.75) is 0 Å². The zero-order valence-electron chi connectivity index (χ0n) is 12.4. The van der Waals surface area contributed by atoms with E-state index in [2.05, 4.69) is 13.2 Å². The molecule has 1 aromatic rings. The molecule has 1 aromatic carbocycles. The van der Waals surface area contributed by atoms with E-state index in [0.29, 0.717) is 35.7 Å². The molecule has 0 unspecified atom stereocenters. The van der Waals surface area contributed by atoms with Crippen molar-refractivity contribution >= 4 is 17.6 Å². The molecule has 1 aliphatic heterocycles. The van der Waals surface area contributed by atoms with Crippen molar-refractivity contribution in [2.75, 3.05) is 25.2 Å². The maximum atomic E-state index is 12.6. The fourth-order valence-corrected chi connectivity index (χ4v) is 2.18. The second-order valence-corrected chi connectivity index (χ2v) is 4.54. The highest BCUT2D eigenvalue weighted by molar-refractivity contribution is 6.09. The number of hydrogen-bond acceptors (Lipinski definition) is 4. The van der Waals surface area contributed by atoms with Crippen LogP contribution in [0.2, 0.25) is 0 Å². The van der Waals surface area contributed by atoms with E-state index in [-0.39, 0.29) is 5.91 Å². The van der Waals surface area contributed by atoms with Crippen LogP contribution in [0.5, 0.6) is 5.75 Å². The number of amides is 1. The molecule has 0 N–H and O–H groups in total. The normalized spacial score (nSPS) is 13.7. The van der Waals surface area contributed by atoms with Gasteiger partial charge in [-0.05, 0) is 18.2 Å². The van der Waals surface area contributed by atoms with Gasteiger partial charge in [-0.15, -0.1) is 0 Å². The summed E-state index contributed by atoms with van der Waals surface area (Å²) in [6.45, 7) is 8.00. The topological polar surface area (TPSA) is 55.8 Å². The van der Waals surface area contributed by atoms with Gasteiger partial charge >= 0.3 is 5.97 Å². The second-order valence-electron chi connectivity index (χ2n) is 4.54. The molecule has 5 nitrogen and oxygen atoms in total. The summed E-state index contributed by atoms with van der Waals surface area (Å²) in [4.78, 5) is 25.8. The summed E-state index contributed by atoms with van der Waals surface area (Å²) in [5.74, 6) is -0.137. The van der Waals surface area contributed by atoms with E-state index in [1.807, 2.05) is 0 Å². The monoisotopic (exact) mass is 299 g/mol.